The predicted octanol–water partition coefficient (Wildman–Crippen LogP) is -0.224. The van der Waals surface area contributed by atoms with E-state index in [1.165, 1.54) is 0 Å². The number of carboxylic acid groups (broad SMARTS) is 1. The minimum Gasteiger partial charge on any atom is -0.550 e. The van der Waals surface area contributed by atoms with E-state index in [1.807, 2.05) is 0 Å². The molecule has 0 aromatic heterocycles. The first kappa shape index (κ1) is 13.3. The first-order chi connectivity index (χ1) is 6.66. The second kappa shape index (κ2) is 8.87. The highest BCUT2D eigenvalue weighted by atomic mass is 32.2. The van der Waals surface area contributed by atoms with Crippen molar-refractivity contribution in [3.63, 3.8) is 0 Å². The molecule has 0 saturated carbocycles. The van der Waals surface area contributed by atoms with E-state index in [-0.39, 0.29) is 12.3 Å². The fourth-order valence-electron chi connectivity index (χ4n) is 0.887. The maximum absolute atomic E-state index is 10.8. The van der Waals surface area contributed by atoms with Gasteiger partial charge in [0.2, 0.25) is 5.91 Å². The summed E-state index contributed by atoms with van der Waals surface area (Å²) >= 11 is 1.57. The van der Waals surface area contributed by atoms with Gasteiger partial charge in [-0.25, -0.2) is 0 Å². The van der Waals surface area contributed by atoms with Crippen molar-refractivity contribution in [1.82, 2.24) is 5.32 Å². The summed E-state index contributed by atoms with van der Waals surface area (Å²) in [5.41, 5.74) is 0. The quantitative estimate of drug-likeness (QED) is 0.572. The molecule has 0 aromatic carbocycles. The summed E-state index contributed by atoms with van der Waals surface area (Å²) in [5, 5.41) is 12.6. The molecule has 0 atom stereocenters. The van der Waals surface area contributed by atoms with Gasteiger partial charge in [-0.3, -0.25) is 4.79 Å². The third-order valence-corrected chi connectivity index (χ3v) is 2.73. The molecule has 14 heavy (non-hydrogen) atoms. The Morgan fingerprint density at radius 2 is 2.00 bits per heavy atom. The number of rotatable bonds is 8. The van der Waals surface area contributed by atoms with E-state index in [4.69, 9.17) is 0 Å². The molecule has 0 spiro atoms. The summed E-state index contributed by atoms with van der Waals surface area (Å²) in [7, 11) is 1.61. The van der Waals surface area contributed by atoms with Crippen molar-refractivity contribution in [2.75, 3.05) is 18.6 Å². The topological polar surface area (TPSA) is 69.2 Å². The van der Waals surface area contributed by atoms with Crippen LogP contribution in [-0.4, -0.2) is 30.4 Å². The summed E-state index contributed by atoms with van der Waals surface area (Å²) in [5.74, 6) is 0.435. The van der Waals surface area contributed by atoms with Crippen LogP contribution < -0.4 is 10.4 Å². The zero-order valence-corrected chi connectivity index (χ0v) is 9.19. The van der Waals surface area contributed by atoms with Crippen LogP contribution in [0.1, 0.15) is 25.7 Å². The van der Waals surface area contributed by atoms with Crippen molar-refractivity contribution in [2.45, 2.75) is 25.7 Å². The number of thioether (sulfide) groups is 1. The van der Waals surface area contributed by atoms with Gasteiger partial charge in [0, 0.05) is 13.0 Å². The van der Waals surface area contributed by atoms with Crippen LogP contribution in [0.15, 0.2) is 0 Å². The molecule has 0 aliphatic heterocycles. The molecule has 0 saturated heterocycles. The normalized spacial score (nSPS) is 9.79. The monoisotopic (exact) mass is 218 g/mol. The Morgan fingerprint density at radius 3 is 2.57 bits per heavy atom. The largest absolute Gasteiger partial charge is 0.550 e. The Kier molecular flexibility index (Phi) is 8.42. The van der Waals surface area contributed by atoms with Gasteiger partial charge in [-0.15, -0.1) is 0 Å². The molecule has 1 N–H and O–H groups in total. The van der Waals surface area contributed by atoms with Crippen LogP contribution in [0.3, 0.4) is 0 Å². The molecule has 4 nitrogen and oxygen atoms in total. The number of nitrogens with one attached hydrogen (secondary N) is 1. The Labute approximate surface area is 88.4 Å². The third-order valence-electron chi connectivity index (χ3n) is 1.68. The highest BCUT2D eigenvalue weighted by molar-refractivity contribution is 7.99. The van der Waals surface area contributed by atoms with Crippen molar-refractivity contribution >= 4 is 23.6 Å². The Balaban J connectivity index is 3.06. The van der Waals surface area contributed by atoms with Gasteiger partial charge in [-0.1, -0.05) is 6.42 Å². The van der Waals surface area contributed by atoms with Crippen molar-refractivity contribution in [3.8, 4) is 0 Å². The molecule has 0 radical (unpaired) electrons. The lowest BCUT2D eigenvalue weighted by molar-refractivity contribution is -0.305. The van der Waals surface area contributed by atoms with E-state index >= 15 is 0 Å². The van der Waals surface area contributed by atoms with Crippen molar-refractivity contribution in [2.24, 2.45) is 0 Å². The average Bonchev–Trinajstić information content (AvgIpc) is 2.15. The van der Waals surface area contributed by atoms with Gasteiger partial charge in [0.15, 0.2) is 0 Å². The summed E-state index contributed by atoms with van der Waals surface area (Å²) in [6.07, 6.45) is 2.65. The number of carbonyl (C=O) groups excluding carboxylic acids is 2. The number of amides is 1. The number of hydrogen-bond donors (Lipinski definition) is 1. The molecule has 0 unspecified atom stereocenters. The lowest BCUT2D eigenvalue weighted by Gasteiger charge is -2.02. The molecular weight excluding hydrogens is 202 g/mol. The van der Waals surface area contributed by atoms with E-state index in [2.05, 4.69) is 5.32 Å². The molecule has 0 bridgehead atoms. The fourth-order valence-corrected chi connectivity index (χ4v) is 1.77. The molecule has 0 aliphatic rings. The molecular formula is C9H16NO3S-. The van der Waals surface area contributed by atoms with Crippen LogP contribution in [0, 0.1) is 0 Å². The lowest BCUT2D eigenvalue weighted by atomic mass is 10.2. The minimum absolute atomic E-state index is 0.0322. The molecule has 0 heterocycles. The van der Waals surface area contributed by atoms with E-state index in [0.29, 0.717) is 12.2 Å². The molecule has 0 fully saturated rings. The van der Waals surface area contributed by atoms with E-state index < -0.39 is 5.97 Å². The number of aliphatic carboxylic acids is 1. The predicted molar refractivity (Wildman–Crippen MR) is 54.9 cm³/mol. The standard InChI is InChI=1S/C9H17NO3S/c1-10-8(11)7-14-6-4-2-3-5-9(12)13/h2-7H2,1H3,(H,10,11)(H,12,13)/p-1. The first-order valence-corrected chi connectivity index (χ1v) is 5.80. The zero-order valence-electron chi connectivity index (χ0n) is 8.38. The maximum Gasteiger partial charge on any atom is 0.229 e. The van der Waals surface area contributed by atoms with Gasteiger partial charge < -0.3 is 15.2 Å². The summed E-state index contributed by atoms with van der Waals surface area (Å²) in [6.45, 7) is 0. The van der Waals surface area contributed by atoms with Gasteiger partial charge in [0.05, 0.1) is 5.75 Å². The Morgan fingerprint density at radius 1 is 1.29 bits per heavy atom. The van der Waals surface area contributed by atoms with Crippen LogP contribution in [0.4, 0.5) is 0 Å². The summed E-state index contributed by atoms with van der Waals surface area (Å²) in [6, 6.07) is 0. The van der Waals surface area contributed by atoms with Crippen LogP contribution in [-0.2, 0) is 9.59 Å². The number of unbranched alkanes of at least 4 members (excludes halogenated alkanes) is 2. The van der Waals surface area contributed by atoms with Crippen molar-refractivity contribution < 1.29 is 14.7 Å². The summed E-state index contributed by atoms with van der Waals surface area (Å²) in [4.78, 5) is 20.8. The molecule has 1 amide bonds. The smallest absolute Gasteiger partial charge is 0.229 e. The fraction of sp³-hybridized carbons (Fsp3) is 0.778. The van der Waals surface area contributed by atoms with Crippen LogP contribution in [0.2, 0.25) is 0 Å². The van der Waals surface area contributed by atoms with Gasteiger partial charge in [-0.2, -0.15) is 11.8 Å². The van der Waals surface area contributed by atoms with E-state index in [9.17, 15) is 14.7 Å². The van der Waals surface area contributed by atoms with Gasteiger partial charge >= 0.3 is 0 Å². The van der Waals surface area contributed by atoms with Crippen LogP contribution >= 0.6 is 11.8 Å². The molecule has 0 rings (SSSR count). The average molecular weight is 218 g/mol. The molecule has 82 valence electrons. The molecule has 0 aromatic rings. The van der Waals surface area contributed by atoms with E-state index in [0.717, 1.165) is 18.6 Å². The van der Waals surface area contributed by atoms with Crippen LogP contribution in [0.5, 0.6) is 0 Å². The highest BCUT2D eigenvalue weighted by Crippen LogP contribution is 2.06. The maximum atomic E-state index is 10.8. The number of carboxylic acids is 1. The van der Waals surface area contributed by atoms with Gasteiger partial charge in [0.25, 0.3) is 0 Å². The SMILES string of the molecule is CNC(=O)CSCCCCCC(=O)[O-]. The third kappa shape index (κ3) is 9.38. The second-order valence-electron chi connectivity index (χ2n) is 2.91. The number of hydrogen-bond acceptors (Lipinski definition) is 4. The summed E-state index contributed by atoms with van der Waals surface area (Å²) < 4.78 is 0. The van der Waals surface area contributed by atoms with Gasteiger partial charge in [0.1, 0.15) is 0 Å². The van der Waals surface area contributed by atoms with Crippen molar-refractivity contribution in [3.05, 3.63) is 0 Å². The first-order valence-electron chi connectivity index (χ1n) is 4.65. The lowest BCUT2D eigenvalue weighted by Crippen LogP contribution is -2.21. The number of carbonyl (C=O) groups is 2. The second-order valence-corrected chi connectivity index (χ2v) is 4.01. The Bertz CT molecular complexity index is 185. The van der Waals surface area contributed by atoms with Gasteiger partial charge in [-0.05, 0) is 25.0 Å². The van der Waals surface area contributed by atoms with E-state index in [1.54, 1.807) is 18.8 Å². The molecule has 5 heteroatoms. The zero-order chi connectivity index (χ0) is 10.8. The Hall–Kier alpha value is -0.710. The molecule has 0 aliphatic carbocycles. The van der Waals surface area contributed by atoms with Crippen LogP contribution in [0.25, 0.3) is 0 Å². The van der Waals surface area contributed by atoms with Crippen molar-refractivity contribution in [1.29, 1.82) is 0 Å². The minimum atomic E-state index is -0.983. The highest BCUT2D eigenvalue weighted by Gasteiger charge is 1.97.